The van der Waals surface area contributed by atoms with Crippen LogP contribution in [0.4, 0.5) is 5.69 Å². The first-order chi connectivity index (χ1) is 15.9. The highest BCUT2D eigenvalue weighted by Crippen LogP contribution is 2.22. The Morgan fingerprint density at radius 1 is 1.03 bits per heavy atom. The molecule has 2 amide bonds. The molecule has 0 fully saturated rings. The number of hydrogen-bond donors (Lipinski definition) is 0. The van der Waals surface area contributed by atoms with Gasteiger partial charge in [0.2, 0.25) is 0 Å². The molecule has 0 saturated carbocycles. The molecule has 4 rings (SSSR count). The van der Waals surface area contributed by atoms with Crippen LogP contribution < -0.4 is 4.74 Å². The van der Waals surface area contributed by atoms with Crippen LogP contribution in [-0.2, 0) is 11.4 Å². The molecule has 33 heavy (non-hydrogen) atoms. The molecule has 0 unspecified atom stereocenters. The number of nitro benzene ring substituents is 1. The van der Waals surface area contributed by atoms with Gasteiger partial charge in [-0.25, -0.2) is 0 Å². The standard InChI is InChI=1S/C25H19N3O5/c1-17-23(25(30)27(26-17)24(29)20-5-3-2-4-6-20)15-18-9-13-22(14-10-18)33-16-19-7-11-21(12-8-19)28(31)32/h2-15H,16H2,1H3/b23-15+. The lowest BCUT2D eigenvalue weighted by atomic mass is 10.1. The van der Waals surface area contributed by atoms with Gasteiger partial charge in [-0.2, -0.15) is 10.1 Å². The Bertz CT molecular complexity index is 1260. The smallest absolute Gasteiger partial charge is 0.283 e. The fraction of sp³-hybridized carbons (Fsp3) is 0.0800. The van der Waals surface area contributed by atoms with Gasteiger partial charge in [-0.1, -0.05) is 30.3 Å². The van der Waals surface area contributed by atoms with Gasteiger partial charge in [0.1, 0.15) is 12.4 Å². The quantitative estimate of drug-likeness (QED) is 0.240. The van der Waals surface area contributed by atoms with Gasteiger partial charge in [0, 0.05) is 17.7 Å². The van der Waals surface area contributed by atoms with Crippen LogP contribution in [0.2, 0.25) is 0 Å². The summed E-state index contributed by atoms with van der Waals surface area (Å²) in [5, 5.41) is 15.7. The van der Waals surface area contributed by atoms with Gasteiger partial charge in [0.25, 0.3) is 17.5 Å². The number of benzene rings is 3. The summed E-state index contributed by atoms with van der Waals surface area (Å²) >= 11 is 0. The summed E-state index contributed by atoms with van der Waals surface area (Å²) in [6.45, 7) is 1.95. The van der Waals surface area contributed by atoms with Gasteiger partial charge in [-0.05, 0) is 60.5 Å². The van der Waals surface area contributed by atoms with E-state index in [2.05, 4.69) is 5.10 Å². The molecule has 0 aromatic heterocycles. The predicted octanol–water partition coefficient (Wildman–Crippen LogP) is 4.62. The molecule has 0 saturated heterocycles. The van der Waals surface area contributed by atoms with Crippen LogP contribution in [-0.4, -0.2) is 27.5 Å². The topological polar surface area (TPSA) is 102 Å². The average molecular weight is 441 g/mol. The van der Waals surface area contributed by atoms with E-state index in [4.69, 9.17) is 4.74 Å². The number of hydrogen-bond acceptors (Lipinski definition) is 6. The summed E-state index contributed by atoms with van der Waals surface area (Å²) in [5.41, 5.74) is 2.78. The summed E-state index contributed by atoms with van der Waals surface area (Å²) in [6.07, 6.45) is 1.68. The molecule has 0 atom stereocenters. The molecule has 8 nitrogen and oxygen atoms in total. The Labute approximate surface area is 189 Å². The second-order valence-electron chi connectivity index (χ2n) is 7.31. The Kier molecular flexibility index (Phi) is 6.08. The third kappa shape index (κ3) is 4.85. The minimum absolute atomic E-state index is 0.0282. The Balaban J connectivity index is 1.42. The third-order valence-electron chi connectivity index (χ3n) is 5.02. The summed E-state index contributed by atoms with van der Waals surface area (Å²) in [7, 11) is 0. The van der Waals surface area contributed by atoms with Crippen LogP contribution >= 0.6 is 0 Å². The first-order valence-corrected chi connectivity index (χ1v) is 10.1. The minimum Gasteiger partial charge on any atom is -0.489 e. The maximum absolute atomic E-state index is 12.8. The third-order valence-corrected chi connectivity index (χ3v) is 5.02. The van der Waals surface area contributed by atoms with Gasteiger partial charge in [-0.15, -0.1) is 0 Å². The minimum atomic E-state index is -0.474. The fourth-order valence-electron chi connectivity index (χ4n) is 3.23. The van der Waals surface area contributed by atoms with Crippen molar-refractivity contribution in [2.75, 3.05) is 0 Å². The van der Waals surface area contributed by atoms with Crippen molar-refractivity contribution in [3.8, 4) is 5.75 Å². The predicted molar refractivity (Wildman–Crippen MR) is 123 cm³/mol. The summed E-state index contributed by atoms with van der Waals surface area (Å²) in [6, 6.07) is 21.8. The molecule has 3 aromatic rings. The van der Waals surface area contributed by atoms with E-state index in [-0.39, 0.29) is 12.3 Å². The van der Waals surface area contributed by atoms with E-state index in [1.807, 2.05) is 0 Å². The van der Waals surface area contributed by atoms with Gasteiger partial charge in [0.15, 0.2) is 0 Å². The highest BCUT2D eigenvalue weighted by Gasteiger charge is 2.32. The molecule has 164 valence electrons. The van der Waals surface area contributed by atoms with Crippen LogP contribution in [0.5, 0.6) is 5.75 Å². The van der Waals surface area contributed by atoms with Crippen LogP contribution in [0.3, 0.4) is 0 Å². The van der Waals surface area contributed by atoms with Crippen LogP contribution in [0.15, 0.2) is 89.5 Å². The number of nitro groups is 1. The normalized spacial score (nSPS) is 14.3. The number of rotatable bonds is 6. The molecule has 3 aromatic carbocycles. The number of hydrazone groups is 1. The summed E-state index contributed by atoms with van der Waals surface area (Å²) < 4.78 is 5.72. The highest BCUT2D eigenvalue weighted by molar-refractivity contribution is 6.30. The molecular formula is C25H19N3O5. The molecular weight excluding hydrogens is 422 g/mol. The number of carbonyl (C=O) groups is 2. The van der Waals surface area contributed by atoms with Gasteiger partial charge < -0.3 is 4.74 Å². The molecule has 0 bridgehead atoms. The zero-order valence-corrected chi connectivity index (χ0v) is 17.7. The zero-order valence-electron chi connectivity index (χ0n) is 17.7. The summed E-state index contributed by atoms with van der Waals surface area (Å²) in [5.74, 6) is -0.335. The maximum atomic E-state index is 12.8. The molecule has 1 heterocycles. The van der Waals surface area contributed by atoms with E-state index in [0.717, 1.165) is 16.1 Å². The molecule has 8 heteroatoms. The van der Waals surface area contributed by atoms with Gasteiger partial charge in [0.05, 0.1) is 16.2 Å². The van der Waals surface area contributed by atoms with Crippen molar-refractivity contribution in [2.45, 2.75) is 13.5 Å². The van der Waals surface area contributed by atoms with Crippen molar-refractivity contribution in [2.24, 2.45) is 5.10 Å². The largest absolute Gasteiger partial charge is 0.489 e. The SMILES string of the molecule is CC1=NN(C(=O)c2ccccc2)C(=O)/C1=C/c1ccc(OCc2ccc([N+](=O)[O-])cc2)cc1. The fourth-order valence-corrected chi connectivity index (χ4v) is 3.23. The van der Waals surface area contributed by atoms with Crippen LogP contribution in [0.25, 0.3) is 6.08 Å². The Morgan fingerprint density at radius 3 is 2.33 bits per heavy atom. The van der Waals surface area contributed by atoms with E-state index >= 15 is 0 Å². The van der Waals surface area contributed by atoms with Crippen LogP contribution in [0, 0.1) is 10.1 Å². The number of ether oxygens (including phenoxy) is 1. The van der Waals surface area contributed by atoms with Crippen molar-refractivity contribution in [3.05, 3.63) is 111 Å². The molecule has 0 radical (unpaired) electrons. The second-order valence-corrected chi connectivity index (χ2v) is 7.31. The molecule has 0 N–H and O–H groups in total. The van der Waals surface area contributed by atoms with E-state index in [9.17, 15) is 19.7 Å². The number of nitrogens with zero attached hydrogens (tertiary/aromatic N) is 3. The molecule has 1 aliphatic heterocycles. The van der Waals surface area contributed by atoms with E-state index in [1.165, 1.54) is 12.1 Å². The zero-order chi connectivity index (χ0) is 23.4. The highest BCUT2D eigenvalue weighted by atomic mass is 16.6. The monoisotopic (exact) mass is 441 g/mol. The lowest BCUT2D eigenvalue weighted by Gasteiger charge is -2.09. The number of imide groups is 1. The van der Waals surface area contributed by atoms with E-state index < -0.39 is 16.7 Å². The number of carbonyl (C=O) groups excluding carboxylic acids is 2. The van der Waals surface area contributed by atoms with E-state index in [0.29, 0.717) is 22.6 Å². The number of amides is 2. The van der Waals surface area contributed by atoms with E-state index in [1.54, 1.807) is 79.7 Å². The average Bonchev–Trinajstić information content (AvgIpc) is 3.12. The maximum Gasteiger partial charge on any atom is 0.283 e. The lowest BCUT2D eigenvalue weighted by molar-refractivity contribution is -0.384. The van der Waals surface area contributed by atoms with Gasteiger partial charge >= 0.3 is 0 Å². The second kappa shape index (κ2) is 9.27. The first kappa shape index (κ1) is 21.6. The molecule has 0 spiro atoms. The van der Waals surface area contributed by atoms with Crippen molar-refractivity contribution in [1.82, 2.24) is 5.01 Å². The number of non-ortho nitro benzene ring substituents is 1. The van der Waals surface area contributed by atoms with Crippen molar-refractivity contribution in [1.29, 1.82) is 0 Å². The van der Waals surface area contributed by atoms with Gasteiger partial charge in [-0.3, -0.25) is 19.7 Å². The summed E-state index contributed by atoms with van der Waals surface area (Å²) in [4.78, 5) is 35.7. The van der Waals surface area contributed by atoms with Crippen molar-refractivity contribution >= 4 is 29.3 Å². The Morgan fingerprint density at radius 2 is 1.70 bits per heavy atom. The molecule has 0 aliphatic carbocycles. The first-order valence-electron chi connectivity index (χ1n) is 10.1. The van der Waals surface area contributed by atoms with Crippen molar-refractivity contribution < 1.29 is 19.2 Å². The van der Waals surface area contributed by atoms with Crippen LogP contribution in [0.1, 0.15) is 28.4 Å². The van der Waals surface area contributed by atoms with Crippen molar-refractivity contribution in [3.63, 3.8) is 0 Å². The lowest BCUT2D eigenvalue weighted by Crippen LogP contribution is -2.29. The Hall–Kier alpha value is -4.59. The molecule has 1 aliphatic rings.